The first-order valence-corrected chi connectivity index (χ1v) is 9.94. The Kier molecular flexibility index (Phi) is 3.45. The van der Waals surface area contributed by atoms with Crippen molar-refractivity contribution in [3.63, 3.8) is 0 Å². The highest BCUT2D eigenvalue weighted by atomic mass is 16.7. The molecule has 0 unspecified atom stereocenters. The molecule has 3 heterocycles. The van der Waals surface area contributed by atoms with Crippen LogP contribution >= 0.6 is 0 Å². The molecule has 3 aliphatic heterocycles. The Morgan fingerprint density at radius 3 is 2.57 bits per heavy atom. The van der Waals surface area contributed by atoms with E-state index in [1.165, 1.54) is 41.3 Å². The first kappa shape index (κ1) is 16.3. The van der Waals surface area contributed by atoms with Gasteiger partial charge in [-0.3, -0.25) is 4.90 Å². The molecule has 0 aliphatic carbocycles. The monoisotopic (exact) mass is 377 g/mol. The number of fused-ring (bicyclic) bond motifs is 8. The molecule has 144 valence electrons. The zero-order chi connectivity index (χ0) is 18.8. The maximum atomic E-state index is 5.84. The summed E-state index contributed by atoms with van der Waals surface area (Å²) in [6, 6.07) is 9.15. The average Bonchev–Trinajstić information content (AvgIpc) is 3.38. The van der Waals surface area contributed by atoms with Crippen LogP contribution in [0.1, 0.15) is 24.0 Å². The van der Waals surface area contributed by atoms with Crippen molar-refractivity contribution < 1.29 is 18.9 Å². The van der Waals surface area contributed by atoms with E-state index >= 15 is 0 Å². The normalized spacial score (nSPS) is 20.4. The number of ether oxygens (including phenoxy) is 4. The van der Waals surface area contributed by atoms with Crippen molar-refractivity contribution in [3.8, 4) is 23.0 Å². The zero-order valence-corrected chi connectivity index (χ0v) is 16.2. The Morgan fingerprint density at radius 1 is 0.964 bits per heavy atom. The first-order chi connectivity index (χ1) is 13.8. The van der Waals surface area contributed by atoms with Crippen molar-refractivity contribution in [2.24, 2.45) is 0 Å². The minimum Gasteiger partial charge on any atom is -0.493 e. The van der Waals surface area contributed by atoms with Crippen LogP contribution in [0.15, 0.2) is 24.3 Å². The summed E-state index contributed by atoms with van der Waals surface area (Å²) in [7, 11) is 3.40. The molecule has 6 rings (SSSR count). The number of nitrogens with zero attached hydrogens (tertiary/aromatic N) is 1. The van der Waals surface area contributed by atoms with Gasteiger partial charge in [-0.15, -0.1) is 0 Å². The molecule has 0 N–H and O–H groups in total. The van der Waals surface area contributed by atoms with Gasteiger partial charge in [0.15, 0.2) is 23.0 Å². The van der Waals surface area contributed by atoms with Crippen LogP contribution in [-0.4, -0.2) is 38.5 Å². The minimum absolute atomic E-state index is 0.280. The van der Waals surface area contributed by atoms with Gasteiger partial charge in [0.2, 0.25) is 6.79 Å². The van der Waals surface area contributed by atoms with Crippen LogP contribution in [0.5, 0.6) is 23.0 Å². The van der Waals surface area contributed by atoms with Crippen LogP contribution in [0.2, 0.25) is 0 Å². The molecular formula is C23H23NO4. The molecule has 1 atom stereocenters. The van der Waals surface area contributed by atoms with E-state index in [-0.39, 0.29) is 6.79 Å². The number of methoxy groups -OCH3 is 2. The van der Waals surface area contributed by atoms with Gasteiger partial charge in [0, 0.05) is 18.0 Å². The van der Waals surface area contributed by atoms with Crippen LogP contribution in [0.25, 0.3) is 21.5 Å². The zero-order valence-electron chi connectivity index (χ0n) is 16.2. The van der Waals surface area contributed by atoms with Gasteiger partial charge in [0.25, 0.3) is 0 Å². The third-order valence-corrected chi connectivity index (χ3v) is 6.64. The molecule has 0 spiro atoms. The summed E-state index contributed by atoms with van der Waals surface area (Å²) in [6.07, 6.45) is 3.67. The third-order valence-electron chi connectivity index (χ3n) is 6.64. The minimum atomic E-state index is 0.280. The Labute approximate surface area is 163 Å². The van der Waals surface area contributed by atoms with Crippen molar-refractivity contribution in [2.75, 3.05) is 27.6 Å². The van der Waals surface area contributed by atoms with E-state index in [9.17, 15) is 0 Å². The summed E-state index contributed by atoms with van der Waals surface area (Å²) in [4.78, 5) is 2.64. The second kappa shape index (κ2) is 5.92. The van der Waals surface area contributed by atoms with E-state index in [0.717, 1.165) is 46.7 Å². The highest BCUT2D eigenvalue weighted by Crippen LogP contribution is 2.48. The van der Waals surface area contributed by atoms with Crippen molar-refractivity contribution in [1.82, 2.24) is 4.90 Å². The molecule has 0 saturated carbocycles. The topological polar surface area (TPSA) is 40.2 Å². The van der Waals surface area contributed by atoms with Crippen molar-refractivity contribution in [2.45, 2.75) is 31.8 Å². The van der Waals surface area contributed by atoms with Crippen LogP contribution < -0.4 is 18.9 Å². The Bertz CT molecular complexity index is 1120. The molecule has 3 aliphatic rings. The molecule has 0 aromatic heterocycles. The van der Waals surface area contributed by atoms with Gasteiger partial charge >= 0.3 is 0 Å². The summed E-state index contributed by atoms with van der Waals surface area (Å²) in [5.74, 6) is 3.18. The molecule has 1 fully saturated rings. The molecule has 5 heteroatoms. The molecule has 0 amide bonds. The van der Waals surface area contributed by atoms with E-state index in [1.807, 2.05) is 6.07 Å². The molecule has 1 saturated heterocycles. The molecule has 0 bridgehead atoms. The highest BCUT2D eigenvalue weighted by molar-refractivity contribution is 6.15. The summed E-state index contributed by atoms with van der Waals surface area (Å²) < 4.78 is 22.9. The fourth-order valence-corrected chi connectivity index (χ4v) is 5.36. The lowest BCUT2D eigenvalue weighted by Crippen LogP contribution is -2.35. The lowest BCUT2D eigenvalue weighted by atomic mass is 9.85. The number of benzene rings is 3. The maximum Gasteiger partial charge on any atom is 0.231 e. The van der Waals surface area contributed by atoms with Crippen LogP contribution in [0.4, 0.5) is 0 Å². The van der Waals surface area contributed by atoms with Crippen LogP contribution in [-0.2, 0) is 13.0 Å². The third kappa shape index (κ3) is 2.11. The predicted octanol–water partition coefficient (Wildman–Crippen LogP) is 4.26. The average molecular weight is 377 g/mol. The largest absolute Gasteiger partial charge is 0.493 e. The lowest BCUT2D eigenvalue weighted by molar-refractivity contribution is 0.174. The van der Waals surface area contributed by atoms with Gasteiger partial charge in [0.05, 0.1) is 14.2 Å². The van der Waals surface area contributed by atoms with Crippen LogP contribution in [0.3, 0.4) is 0 Å². The summed E-state index contributed by atoms with van der Waals surface area (Å²) >= 11 is 0. The molecule has 28 heavy (non-hydrogen) atoms. The SMILES string of the molecule is COc1ccc2c3c(c4cc5c(cc4c2c1OC)OCO5)C[C@H]1CCCN1C3. The van der Waals surface area contributed by atoms with Crippen LogP contribution in [0, 0.1) is 0 Å². The Hall–Kier alpha value is -2.66. The lowest BCUT2D eigenvalue weighted by Gasteiger charge is -2.33. The standard InChI is InChI=1S/C23H23NO4/c1-25-19-6-5-14-18-11-24-7-3-4-13(24)8-15(18)16-9-20-21(28-12-27-20)10-17(16)22(14)23(19)26-2/h5-6,9-10,13H,3-4,7-8,11-12H2,1-2H3/t13-/m1/s1. The van der Waals surface area contributed by atoms with Crippen molar-refractivity contribution >= 4 is 21.5 Å². The van der Waals surface area contributed by atoms with Gasteiger partial charge in [-0.25, -0.2) is 0 Å². The van der Waals surface area contributed by atoms with Gasteiger partial charge < -0.3 is 18.9 Å². The molecule has 3 aromatic rings. The van der Waals surface area contributed by atoms with E-state index < -0.39 is 0 Å². The predicted molar refractivity (Wildman–Crippen MR) is 108 cm³/mol. The van der Waals surface area contributed by atoms with Gasteiger partial charge in [0.1, 0.15) is 0 Å². The van der Waals surface area contributed by atoms with Crippen molar-refractivity contribution in [3.05, 3.63) is 35.4 Å². The second-order valence-electron chi connectivity index (χ2n) is 7.90. The van der Waals surface area contributed by atoms with Crippen molar-refractivity contribution in [1.29, 1.82) is 0 Å². The van der Waals surface area contributed by atoms with E-state index in [0.29, 0.717) is 6.04 Å². The number of hydrogen-bond acceptors (Lipinski definition) is 5. The molecule has 0 radical (unpaired) electrons. The summed E-state index contributed by atoms with van der Waals surface area (Å²) in [6.45, 7) is 2.47. The van der Waals surface area contributed by atoms with E-state index in [2.05, 4.69) is 23.1 Å². The maximum absolute atomic E-state index is 5.84. The van der Waals surface area contributed by atoms with E-state index in [1.54, 1.807) is 14.2 Å². The first-order valence-electron chi connectivity index (χ1n) is 9.94. The number of rotatable bonds is 2. The fourth-order valence-electron chi connectivity index (χ4n) is 5.36. The molecule has 3 aromatic carbocycles. The fraction of sp³-hybridized carbons (Fsp3) is 0.391. The Balaban J connectivity index is 1.76. The molecular weight excluding hydrogens is 354 g/mol. The molecule has 5 nitrogen and oxygen atoms in total. The summed E-state index contributed by atoms with van der Waals surface area (Å²) in [5.41, 5.74) is 2.87. The van der Waals surface area contributed by atoms with Gasteiger partial charge in [-0.1, -0.05) is 6.07 Å². The van der Waals surface area contributed by atoms with Gasteiger partial charge in [-0.2, -0.15) is 0 Å². The van der Waals surface area contributed by atoms with Gasteiger partial charge in [-0.05, 0) is 71.3 Å². The Morgan fingerprint density at radius 2 is 1.79 bits per heavy atom. The quantitative estimate of drug-likeness (QED) is 0.624. The smallest absolute Gasteiger partial charge is 0.231 e. The summed E-state index contributed by atoms with van der Waals surface area (Å²) in [5, 5.41) is 4.76. The van der Waals surface area contributed by atoms with E-state index in [4.69, 9.17) is 18.9 Å². The highest BCUT2D eigenvalue weighted by Gasteiger charge is 2.33. The second-order valence-corrected chi connectivity index (χ2v) is 7.90. The number of hydrogen-bond donors (Lipinski definition) is 0.